The van der Waals surface area contributed by atoms with Crippen molar-refractivity contribution >= 4 is 17.5 Å². The Bertz CT molecular complexity index is 816. The Balaban J connectivity index is 1.79. The number of ether oxygens (including phenoxy) is 1. The predicted molar refractivity (Wildman–Crippen MR) is 101 cm³/mol. The molecule has 0 radical (unpaired) electrons. The van der Waals surface area contributed by atoms with Crippen LogP contribution in [0.5, 0.6) is 5.75 Å². The lowest BCUT2D eigenvalue weighted by Crippen LogP contribution is -2.38. The summed E-state index contributed by atoms with van der Waals surface area (Å²) in [5.41, 5.74) is 2.26. The van der Waals surface area contributed by atoms with Gasteiger partial charge in [0, 0.05) is 11.6 Å². The Labute approximate surface area is 154 Å². The lowest BCUT2D eigenvalue weighted by atomic mass is 10.0. The number of rotatable bonds is 5. The number of hydrogen-bond acceptors (Lipinski definition) is 3. The number of carbonyl (C=O) groups excluding carboxylic acids is 2. The van der Waals surface area contributed by atoms with Crippen LogP contribution >= 0.6 is 0 Å². The Morgan fingerprint density at radius 1 is 1.15 bits per heavy atom. The number of anilines is 1. The minimum Gasteiger partial charge on any atom is -0.482 e. The summed E-state index contributed by atoms with van der Waals surface area (Å²) in [6.45, 7) is 6.57. The fourth-order valence-corrected chi connectivity index (χ4v) is 2.78. The van der Waals surface area contributed by atoms with Gasteiger partial charge in [-0.1, -0.05) is 38.1 Å². The minimum atomic E-state index is -0.0956. The van der Waals surface area contributed by atoms with E-state index in [1.54, 1.807) is 11.0 Å². The highest BCUT2D eigenvalue weighted by Crippen LogP contribution is 2.32. The van der Waals surface area contributed by atoms with E-state index in [0.29, 0.717) is 23.8 Å². The first kappa shape index (κ1) is 18.0. The molecular weight excluding hydrogens is 328 g/mol. The third kappa shape index (κ3) is 3.87. The molecule has 26 heavy (non-hydrogen) atoms. The van der Waals surface area contributed by atoms with E-state index in [2.05, 4.69) is 19.2 Å². The van der Waals surface area contributed by atoms with Gasteiger partial charge >= 0.3 is 0 Å². The first-order valence-corrected chi connectivity index (χ1v) is 8.87. The Morgan fingerprint density at radius 3 is 2.69 bits per heavy atom. The van der Waals surface area contributed by atoms with E-state index in [1.165, 1.54) is 0 Å². The van der Waals surface area contributed by atoms with E-state index < -0.39 is 0 Å². The first-order chi connectivity index (χ1) is 12.5. The van der Waals surface area contributed by atoms with Crippen molar-refractivity contribution in [2.45, 2.75) is 33.4 Å². The van der Waals surface area contributed by atoms with E-state index in [1.807, 2.05) is 49.4 Å². The average Bonchev–Trinajstić information content (AvgIpc) is 2.64. The van der Waals surface area contributed by atoms with Gasteiger partial charge in [0.05, 0.1) is 12.2 Å². The molecule has 1 N–H and O–H groups in total. The fourth-order valence-electron chi connectivity index (χ4n) is 2.78. The second-order valence-corrected chi connectivity index (χ2v) is 6.94. The molecule has 5 nitrogen and oxygen atoms in total. The summed E-state index contributed by atoms with van der Waals surface area (Å²) in [5, 5.41) is 3.01. The zero-order valence-corrected chi connectivity index (χ0v) is 15.4. The molecule has 136 valence electrons. The van der Waals surface area contributed by atoms with Crippen molar-refractivity contribution in [3.63, 3.8) is 0 Å². The normalized spacial score (nSPS) is 14.6. The van der Waals surface area contributed by atoms with Gasteiger partial charge in [-0.05, 0) is 42.7 Å². The molecule has 0 fully saturated rings. The van der Waals surface area contributed by atoms with Crippen LogP contribution in [0.15, 0.2) is 48.5 Å². The maximum Gasteiger partial charge on any atom is 0.265 e. The van der Waals surface area contributed by atoms with Crippen LogP contribution in [0, 0.1) is 5.92 Å². The third-order valence-electron chi connectivity index (χ3n) is 4.70. The van der Waals surface area contributed by atoms with Gasteiger partial charge in [-0.25, -0.2) is 0 Å². The van der Waals surface area contributed by atoms with Crippen molar-refractivity contribution in [1.82, 2.24) is 5.32 Å². The third-order valence-corrected chi connectivity index (χ3v) is 4.70. The highest BCUT2D eigenvalue weighted by atomic mass is 16.5. The minimum absolute atomic E-state index is 0.0308. The molecule has 2 aromatic rings. The van der Waals surface area contributed by atoms with Gasteiger partial charge in [-0.3, -0.25) is 9.59 Å². The Kier molecular flexibility index (Phi) is 5.26. The van der Waals surface area contributed by atoms with E-state index in [-0.39, 0.29) is 24.5 Å². The number of benzene rings is 2. The zero-order chi connectivity index (χ0) is 18.7. The summed E-state index contributed by atoms with van der Waals surface area (Å²) in [7, 11) is 0. The van der Waals surface area contributed by atoms with Crippen molar-refractivity contribution in [2.75, 3.05) is 11.5 Å². The predicted octanol–water partition coefficient (Wildman–Crippen LogP) is 3.39. The zero-order valence-electron chi connectivity index (χ0n) is 15.4. The van der Waals surface area contributed by atoms with Gasteiger partial charge in [0.1, 0.15) is 5.75 Å². The van der Waals surface area contributed by atoms with Crippen molar-refractivity contribution in [3.8, 4) is 5.75 Å². The van der Waals surface area contributed by atoms with Gasteiger partial charge in [-0.15, -0.1) is 0 Å². The summed E-state index contributed by atoms with van der Waals surface area (Å²) in [6, 6.07) is 15.0. The largest absolute Gasteiger partial charge is 0.482 e. The second kappa shape index (κ2) is 7.60. The number of hydrogen-bond donors (Lipinski definition) is 1. The second-order valence-electron chi connectivity index (χ2n) is 6.94. The monoisotopic (exact) mass is 352 g/mol. The lowest BCUT2D eigenvalue weighted by molar-refractivity contribution is -0.121. The summed E-state index contributed by atoms with van der Waals surface area (Å²) in [5.74, 6) is 0.880. The quantitative estimate of drug-likeness (QED) is 0.897. The molecule has 0 aliphatic carbocycles. The molecule has 2 aromatic carbocycles. The molecule has 0 aromatic heterocycles. The van der Waals surface area contributed by atoms with Crippen LogP contribution < -0.4 is 15.0 Å². The Morgan fingerprint density at radius 2 is 1.92 bits per heavy atom. The van der Waals surface area contributed by atoms with Crippen LogP contribution in [-0.4, -0.2) is 24.5 Å². The van der Waals surface area contributed by atoms with Gasteiger partial charge in [0.25, 0.3) is 11.8 Å². The smallest absolute Gasteiger partial charge is 0.265 e. The molecule has 0 bridgehead atoms. The van der Waals surface area contributed by atoms with Crippen molar-refractivity contribution in [1.29, 1.82) is 0 Å². The van der Waals surface area contributed by atoms with Gasteiger partial charge in [0.15, 0.2) is 6.61 Å². The van der Waals surface area contributed by atoms with E-state index in [9.17, 15) is 9.59 Å². The molecule has 1 aliphatic rings. The molecule has 0 unspecified atom stereocenters. The van der Waals surface area contributed by atoms with Crippen LogP contribution in [0.2, 0.25) is 0 Å². The van der Waals surface area contributed by atoms with Gasteiger partial charge in [-0.2, -0.15) is 0 Å². The molecule has 1 atom stereocenters. The van der Waals surface area contributed by atoms with Crippen LogP contribution in [0.25, 0.3) is 0 Å². The number of nitrogens with one attached hydrogen (secondary N) is 1. The molecule has 1 heterocycles. The maximum absolute atomic E-state index is 12.5. The number of nitrogens with zero attached hydrogens (tertiary/aromatic N) is 1. The van der Waals surface area contributed by atoms with E-state index in [4.69, 9.17) is 4.74 Å². The van der Waals surface area contributed by atoms with Crippen LogP contribution in [-0.2, 0) is 11.3 Å². The summed E-state index contributed by atoms with van der Waals surface area (Å²) in [4.78, 5) is 26.5. The number of amides is 2. The molecule has 0 saturated carbocycles. The topological polar surface area (TPSA) is 58.6 Å². The molecule has 0 saturated heterocycles. The molecule has 3 rings (SSSR count). The number of carbonyl (C=O) groups is 2. The van der Waals surface area contributed by atoms with Crippen molar-refractivity contribution < 1.29 is 14.3 Å². The van der Waals surface area contributed by atoms with Crippen LogP contribution in [0.3, 0.4) is 0 Å². The van der Waals surface area contributed by atoms with Gasteiger partial charge < -0.3 is 15.0 Å². The van der Waals surface area contributed by atoms with Crippen molar-refractivity contribution in [2.24, 2.45) is 5.92 Å². The van der Waals surface area contributed by atoms with Crippen LogP contribution in [0.1, 0.15) is 36.7 Å². The highest BCUT2D eigenvalue weighted by Gasteiger charge is 2.25. The summed E-state index contributed by atoms with van der Waals surface area (Å²) in [6.07, 6.45) is 0. The maximum atomic E-state index is 12.5. The van der Waals surface area contributed by atoms with E-state index >= 15 is 0 Å². The first-order valence-electron chi connectivity index (χ1n) is 8.87. The summed E-state index contributed by atoms with van der Waals surface area (Å²) < 4.78 is 5.48. The number of fused-ring (bicyclic) bond motifs is 1. The van der Waals surface area contributed by atoms with Crippen LogP contribution in [0.4, 0.5) is 5.69 Å². The highest BCUT2D eigenvalue weighted by molar-refractivity contribution is 5.98. The number of para-hydroxylation sites is 2. The van der Waals surface area contributed by atoms with E-state index in [0.717, 1.165) is 11.3 Å². The molecular formula is C21H24N2O3. The standard InChI is InChI=1S/C21H24N2O3/c1-14(2)15(3)22-21(25)17-8-6-7-16(11-17)12-23-18-9-4-5-10-19(18)26-13-20(23)24/h4-11,14-15H,12-13H2,1-3H3,(H,22,25)/t15-/m0/s1. The SMILES string of the molecule is CC(C)[C@H](C)NC(=O)c1cccc(CN2C(=O)COc3ccccc32)c1. The molecule has 0 spiro atoms. The van der Waals surface area contributed by atoms with Gasteiger partial charge in [0.2, 0.25) is 0 Å². The average molecular weight is 352 g/mol. The lowest BCUT2D eigenvalue weighted by Gasteiger charge is -2.29. The molecule has 1 aliphatic heterocycles. The Hall–Kier alpha value is -2.82. The summed E-state index contributed by atoms with van der Waals surface area (Å²) >= 11 is 0. The fraction of sp³-hybridized carbons (Fsp3) is 0.333. The molecule has 5 heteroatoms. The van der Waals surface area contributed by atoms with Crippen molar-refractivity contribution in [3.05, 3.63) is 59.7 Å². The molecule has 2 amide bonds.